The Morgan fingerprint density at radius 1 is 0.967 bits per heavy atom. The van der Waals surface area contributed by atoms with Gasteiger partial charge in [-0.3, -0.25) is 4.79 Å². The fourth-order valence-corrected chi connectivity index (χ4v) is 3.07. The summed E-state index contributed by atoms with van der Waals surface area (Å²) in [5, 5.41) is 4.05. The van der Waals surface area contributed by atoms with Crippen LogP contribution in [0.1, 0.15) is 23.6 Å². The zero-order valence-electron chi connectivity index (χ0n) is 16.7. The number of hydrogen-bond acceptors (Lipinski definition) is 4. The molecular formula is C24H23IN2O3. The maximum absolute atomic E-state index is 12.1. The lowest BCUT2D eigenvalue weighted by atomic mass is 10.1. The van der Waals surface area contributed by atoms with Gasteiger partial charge < -0.3 is 9.47 Å². The third-order valence-electron chi connectivity index (χ3n) is 4.18. The van der Waals surface area contributed by atoms with Crippen molar-refractivity contribution in [2.24, 2.45) is 5.10 Å². The molecule has 30 heavy (non-hydrogen) atoms. The highest BCUT2D eigenvalue weighted by Crippen LogP contribution is 2.15. The van der Waals surface area contributed by atoms with Crippen molar-refractivity contribution >= 4 is 34.7 Å². The summed E-state index contributed by atoms with van der Waals surface area (Å²) in [5.74, 6) is 1.36. The SMILES string of the molecule is CCOc1ccc(CC(=O)N/N=C\c2cccc(OCc3ccc(I)cc3)c2)cc1. The van der Waals surface area contributed by atoms with E-state index in [-0.39, 0.29) is 12.3 Å². The van der Waals surface area contributed by atoms with Gasteiger partial charge in [0.1, 0.15) is 18.1 Å². The number of carbonyl (C=O) groups excluding carboxylic acids is 1. The molecule has 0 heterocycles. The van der Waals surface area contributed by atoms with Crippen LogP contribution in [0.25, 0.3) is 0 Å². The molecule has 0 bridgehead atoms. The number of carbonyl (C=O) groups is 1. The number of ether oxygens (including phenoxy) is 2. The molecule has 0 fully saturated rings. The summed E-state index contributed by atoms with van der Waals surface area (Å²) in [6.07, 6.45) is 1.86. The molecule has 3 rings (SSSR count). The molecule has 0 saturated carbocycles. The van der Waals surface area contributed by atoms with Gasteiger partial charge >= 0.3 is 0 Å². The first-order valence-corrected chi connectivity index (χ1v) is 10.7. The van der Waals surface area contributed by atoms with Crippen LogP contribution < -0.4 is 14.9 Å². The number of benzene rings is 3. The molecule has 0 aromatic heterocycles. The van der Waals surface area contributed by atoms with Gasteiger partial charge in [0.25, 0.3) is 0 Å². The molecule has 3 aromatic carbocycles. The first-order chi connectivity index (χ1) is 14.6. The summed E-state index contributed by atoms with van der Waals surface area (Å²) in [7, 11) is 0. The number of rotatable bonds is 9. The molecule has 0 aliphatic carbocycles. The summed E-state index contributed by atoms with van der Waals surface area (Å²) in [4.78, 5) is 12.1. The maximum Gasteiger partial charge on any atom is 0.244 e. The molecule has 0 radical (unpaired) electrons. The first-order valence-electron chi connectivity index (χ1n) is 9.63. The van der Waals surface area contributed by atoms with Crippen molar-refractivity contribution in [3.05, 3.63) is 93.1 Å². The van der Waals surface area contributed by atoms with Crippen LogP contribution in [0.15, 0.2) is 77.9 Å². The lowest BCUT2D eigenvalue weighted by Gasteiger charge is -2.07. The minimum atomic E-state index is -0.179. The van der Waals surface area contributed by atoms with E-state index in [9.17, 15) is 4.79 Å². The zero-order valence-corrected chi connectivity index (χ0v) is 18.8. The van der Waals surface area contributed by atoms with Gasteiger partial charge in [-0.05, 0) is 82.6 Å². The average Bonchev–Trinajstić information content (AvgIpc) is 2.75. The van der Waals surface area contributed by atoms with Gasteiger partial charge in [0, 0.05) is 3.57 Å². The van der Waals surface area contributed by atoms with Gasteiger partial charge in [0.15, 0.2) is 0 Å². The number of amides is 1. The predicted molar refractivity (Wildman–Crippen MR) is 127 cm³/mol. The van der Waals surface area contributed by atoms with E-state index in [1.807, 2.05) is 67.6 Å². The summed E-state index contributed by atoms with van der Waals surface area (Å²) < 4.78 is 12.4. The van der Waals surface area contributed by atoms with Crippen LogP contribution in [0, 0.1) is 3.57 Å². The minimum Gasteiger partial charge on any atom is -0.494 e. The predicted octanol–water partition coefficient (Wildman–Crippen LogP) is 4.96. The Morgan fingerprint density at radius 2 is 1.70 bits per heavy atom. The highest BCUT2D eigenvalue weighted by molar-refractivity contribution is 14.1. The van der Waals surface area contributed by atoms with Gasteiger partial charge in [-0.15, -0.1) is 0 Å². The first kappa shape index (κ1) is 21.8. The van der Waals surface area contributed by atoms with E-state index in [0.717, 1.165) is 28.2 Å². The van der Waals surface area contributed by atoms with Crippen LogP contribution in [0.3, 0.4) is 0 Å². The molecule has 0 unspecified atom stereocenters. The van der Waals surface area contributed by atoms with Crippen molar-refractivity contribution in [3.63, 3.8) is 0 Å². The second-order valence-corrected chi connectivity index (χ2v) is 7.78. The van der Waals surface area contributed by atoms with Gasteiger partial charge in [0.05, 0.1) is 19.2 Å². The van der Waals surface area contributed by atoms with E-state index in [1.165, 1.54) is 3.57 Å². The maximum atomic E-state index is 12.1. The fourth-order valence-electron chi connectivity index (χ4n) is 2.71. The van der Waals surface area contributed by atoms with E-state index < -0.39 is 0 Å². The molecular weight excluding hydrogens is 491 g/mol. The number of halogens is 1. The third kappa shape index (κ3) is 7.18. The quantitative estimate of drug-likeness (QED) is 0.250. The third-order valence-corrected chi connectivity index (χ3v) is 4.90. The summed E-state index contributed by atoms with van der Waals surface area (Å²) in [5.41, 5.74) is 5.41. The molecule has 0 spiro atoms. The van der Waals surface area contributed by atoms with Crippen molar-refractivity contribution in [1.29, 1.82) is 0 Å². The molecule has 1 N–H and O–H groups in total. The van der Waals surface area contributed by atoms with Crippen molar-refractivity contribution in [2.45, 2.75) is 20.0 Å². The molecule has 0 atom stereocenters. The number of hydrogen-bond donors (Lipinski definition) is 1. The summed E-state index contributed by atoms with van der Waals surface area (Å²) in [6.45, 7) is 3.05. The molecule has 0 saturated heterocycles. The smallest absolute Gasteiger partial charge is 0.244 e. The Kier molecular flexibility index (Phi) is 8.26. The van der Waals surface area contributed by atoms with Crippen LogP contribution in [0.4, 0.5) is 0 Å². The molecule has 0 aliphatic heterocycles. The Labute approximate surface area is 190 Å². The van der Waals surface area contributed by atoms with E-state index in [1.54, 1.807) is 6.21 Å². The van der Waals surface area contributed by atoms with E-state index in [4.69, 9.17) is 9.47 Å². The Hall–Kier alpha value is -2.87. The molecule has 154 valence electrons. The van der Waals surface area contributed by atoms with Crippen LogP contribution >= 0.6 is 22.6 Å². The van der Waals surface area contributed by atoms with Gasteiger partial charge in [-0.2, -0.15) is 5.10 Å². The van der Waals surface area contributed by atoms with Crippen molar-refractivity contribution < 1.29 is 14.3 Å². The average molecular weight is 514 g/mol. The second kappa shape index (κ2) is 11.3. The summed E-state index contributed by atoms with van der Waals surface area (Å²) in [6, 6.07) is 23.3. The number of nitrogens with zero attached hydrogens (tertiary/aromatic N) is 1. The van der Waals surface area contributed by atoms with Crippen LogP contribution in [-0.2, 0) is 17.8 Å². The Bertz CT molecular complexity index is 986. The molecule has 0 aliphatic rings. The molecule has 5 nitrogen and oxygen atoms in total. The highest BCUT2D eigenvalue weighted by Gasteiger charge is 2.03. The van der Waals surface area contributed by atoms with Crippen molar-refractivity contribution in [3.8, 4) is 11.5 Å². The highest BCUT2D eigenvalue weighted by atomic mass is 127. The summed E-state index contributed by atoms with van der Waals surface area (Å²) >= 11 is 2.28. The second-order valence-electron chi connectivity index (χ2n) is 6.53. The molecule has 3 aromatic rings. The zero-order chi connectivity index (χ0) is 21.2. The van der Waals surface area contributed by atoms with Crippen LogP contribution in [-0.4, -0.2) is 18.7 Å². The van der Waals surface area contributed by atoms with Crippen molar-refractivity contribution in [1.82, 2.24) is 5.43 Å². The monoisotopic (exact) mass is 514 g/mol. The van der Waals surface area contributed by atoms with Crippen LogP contribution in [0.2, 0.25) is 0 Å². The minimum absolute atomic E-state index is 0.179. The Balaban J connectivity index is 1.48. The topological polar surface area (TPSA) is 59.9 Å². The Morgan fingerprint density at radius 3 is 2.43 bits per heavy atom. The van der Waals surface area contributed by atoms with E-state index in [2.05, 4.69) is 45.3 Å². The van der Waals surface area contributed by atoms with Crippen LogP contribution in [0.5, 0.6) is 11.5 Å². The lowest BCUT2D eigenvalue weighted by Crippen LogP contribution is -2.19. The molecule has 6 heteroatoms. The van der Waals surface area contributed by atoms with Gasteiger partial charge in [-0.1, -0.05) is 36.4 Å². The van der Waals surface area contributed by atoms with Gasteiger partial charge in [0.2, 0.25) is 5.91 Å². The van der Waals surface area contributed by atoms with Gasteiger partial charge in [-0.25, -0.2) is 5.43 Å². The normalized spacial score (nSPS) is 10.7. The van der Waals surface area contributed by atoms with Crippen molar-refractivity contribution in [2.75, 3.05) is 6.61 Å². The number of hydrazone groups is 1. The largest absolute Gasteiger partial charge is 0.494 e. The van der Waals surface area contributed by atoms with E-state index in [0.29, 0.717) is 13.2 Å². The fraction of sp³-hybridized carbons (Fsp3) is 0.167. The number of nitrogens with one attached hydrogen (secondary N) is 1. The molecule has 1 amide bonds. The van der Waals surface area contributed by atoms with E-state index >= 15 is 0 Å². The standard InChI is InChI=1S/C24H23IN2O3/c1-2-29-22-12-8-18(9-13-22)15-24(28)27-26-16-20-4-3-5-23(14-20)30-17-19-6-10-21(25)11-7-19/h3-14,16H,2,15,17H2,1H3,(H,27,28)/b26-16-. The lowest BCUT2D eigenvalue weighted by molar-refractivity contribution is -0.120.